The number of anilines is 1. The van der Waals surface area contributed by atoms with Crippen molar-refractivity contribution < 1.29 is 13.5 Å². The third kappa shape index (κ3) is 3.39. The number of alkyl halides is 2. The normalized spacial score (nSPS) is 16.2. The van der Waals surface area contributed by atoms with Crippen LogP contribution in [0.25, 0.3) is 22.2 Å². The summed E-state index contributed by atoms with van der Waals surface area (Å²) in [6, 6.07) is 0.176. The van der Waals surface area contributed by atoms with Gasteiger partial charge in [-0.15, -0.1) is 0 Å². The van der Waals surface area contributed by atoms with E-state index in [4.69, 9.17) is 0 Å². The Morgan fingerprint density at radius 2 is 2.23 bits per heavy atom. The van der Waals surface area contributed by atoms with Gasteiger partial charge in [0, 0.05) is 41.1 Å². The summed E-state index contributed by atoms with van der Waals surface area (Å²) >= 11 is 0. The van der Waals surface area contributed by atoms with Gasteiger partial charge in [0.2, 0.25) is 5.95 Å². The van der Waals surface area contributed by atoms with Crippen LogP contribution < -0.4 is 5.32 Å². The standard InChI is InChI=1S/C17H20F2N6O/c1-10(9-26-16(18)19)23-17-21-7-14-13(6-20-15(14)24-17)11-5-22-25(8-11)12-3-2-4-12/h5-8,10,12,16H,2-4,9H2,1H3,(H2,20,21,23,24)/t10-/m0/s1. The molecule has 3 heterocycles. The monoisotopic (exact) mass is 362 g/mol. The summed E-state index contributed by atoms with van der Waals surface area (Å²) in [5, 5.41) is 8.31. The SMILES string of the molecule is C[C@@H](COC(F)F)Nc1ncc2c(-c3cnn(C4CCC4)c3)c[nH]c2n1. The van der Waals surface area contributed by atoms with Gasteiger partial charge in [0.1, 0.15) is 5.65 Å². The molecule has 9 heteroatoms. The maximum absolute atomic E-state index is 12.1. The third-order valence-corrected chi connectivity index (χ3v) is 4.64. The van der Waals surface area contributed by atoms with Gasteiger partial charge in [0.05, 0.1) is 18.8 Å². The number of H-pyrrole nitrogens is 1. The minimum Gasteiger partial charge on any atom is -0.349 e. The van der Waals surface area contributed by atoms with Crippen LogP contribution in [0.1, 0.15) is 32.2 Å². The van der Waals surface area contributed by atoms with E-state index in [0.717, 1.165) is 16.5 Å². The lowest BCUT2D eigenvalue weighted by Crippen LogP contribution is -2.24. The second-order valence-electron chi connectivity index (χ2n) is 6.59. The van der Waals surface area contributed by atoms with E-state index < -0.39 is 6.61 Å². The quantitative estimate of drug-likeness (QED) is 0.671. The summed E-state index contributed by atoms with van der Waals surface area (Å²) in [4.78, 5) is 11.8. The highest BCUT2D eigenvalue weighted by Crippen LogP contribution is 2.33. The molecular weight excluding hydrogens is 342 g/mol. The molecule has 1 atom stereocenters. The van der Waals surface area contributed by atoms with Gasteiger partial charge in [0.15, 0.2) is 0 Å². The van der Waals surface area contributed by atoms with Gasteiger partial charge in [-0.2, -0.15) is 18.9 Å². The van der Waals surface area contributed by atoms with Crippen molar-refractivity contribution >= 4 is 17.0 Å². The molecule has 2 N–H and O–H groups in total. The Bertz CT molecular complexity index is 888. The van der Waals surface area contributed by atoms with Crippen LogP contribution in [0.2, 0.25) is 0 Å². The molecule has 0 saturated heterocycles. The van der Waals surface area contributed by atoms with Crippen LogP contribution in [0.4, 0.5) is 14.7 Å². The fourth-order valence-corrected chi connectivity index (χ4v) is 3.02. The number of aromatic amines is 1. The summed E-state index contributed by atoms with van der Waals surface area (Å²) in [5.41, 5.74) is 2.69. The van der Waals surface area contributed by atoms with Crippen molar-refractivity contribution in [3.05, 3.63) is 24.8 Å². The highest BCUT2D eigenvalue weighted by Gasteiger charge is 2.21. The van der Waals surface area contributed by atoms with Gasteiger partial charge in [-0.25, -0.2) is 4.98 Å². The van der Waals surface area contributed by atoms with E-state index in [1.54, 1.807) is 13.1 Å². The number of halogens is 2. The lowest BCUT2D eigenvalue weighted by Gasteiger charge is -2.25. The smallest absolute Gasteiger partial charge is 0.345 e. The molecule has 1 aliphatic carbocycles. The predicted molar refractivity (Wildman–Crippen MR) is 93.0 cm³/mol. The molecule has 0 bridgehead atoms. The van der Waals surface area contributed by atoms with Crippen molar-refractivity contribution in [2.45, 2.75) is 44.9 Å². The van der Waals surface area contributed by atoms with Crippen LogP contribution in [0, 0.1) is 0 Å². The molecule has 0 spiro atoms. The molecule has 1 aliphatic rings. The largest absolute Gasteiger partial charge is 0.349 e. The Balaban J connectivity index is 1.51. The average molecular weight is 362 g/mol. The van der Waals surface area contributed by atoms with Crippen LogP contribution in [0.3, 0.4) is 0 Å². The molecule has 0 aromatic carbocycles. The highest BCUT2D eigenvalue weighted by atomic mass is 19.3. The van der Waals surface area contributed by atoms with Gasteiger partial charge in [0.25, 0.3) is 0 Å². The fourth-order valence-electron chi connectivity index (χ4n) is 3.02. The number of fused-ring (bicyclic) bond motifs is 1. The first-order valence-corrected chi connectivity index (χ1v) is 8.65. The maximum atomic E-state index is 12.1. The zero-order chi connectivity index (χ0) is 18.1. The summed E-state index contributed by atoms with van der Waals surface area (Å²) < 4.78 is 30.5. The van der Waals surface area contributed by atoms with Gasteiger partial charge >= 0.3 is 6.61 Å². The molecule has 1 fully saturated rings. The van der Waals surface area contributed by atoms with E-state index in [0.29, 0.717) is 17.6 Å². The second-order valence-corrected chi connectivity index (χ2v) is 6.59. The molecule has 26 heavy (non-hydrogen) atoms. The van der Waals surface area contributed by atoms with Crippen molar-refractivity contribution in [3.63, 3.8) is 0 Å². The van der Waals surface area contributed by atoms with E-state index in [1.807, 2.05) is 17.1 Å². The first-order valence-electron chi connectivity index (χ1n) is 8.65. The van der Waals surface area contributed by atoms with Crippen LogP contribution in [-0.2, 0) is 4.74 Å². The van der Waals surface area contributed by atoms with E-state index in [-0.39, 0.29) is 12.6 Å². The van der Waals surface area contributed by atoms with Crippen molar-refractivity contribution in [3.8, 4) is 11.1 Å². The van der Waals surface area contributed by atoms with Gasteiger partial charge in [-0.1, -0.05) is 0 Å². The molecular formula is C17H20F2N6O. The lowest BCUT2D eigenvalue weighted by atomic mass is 9.93. The first-order chi connectivity index (χ1) is 12.6. The Hall–Kier alpha value is -2.55. The highest BCUT2D eigenvalue weighted by molar-refractivity contribution is 5.93. The molecule has 3 aromatic heterocycles. The second kappa shape index (κ2) is 6.99. The number of nitrogens with zero attached hydrogens (tertiary/aromatic N) is 4. The molecule has 7 nitrogen and oxygen atoms in total. The summed E-state index contributed by atoms with van der Waals surface area (Å²) in [5.74, 6) is 0.362. The number of hydrogen-bond acceptors (Lipinski definition) is 5. The molecule has 0 aliphatic heterocycles. The van der Waals surface area contributed by atoms with E-state index >= 15 is 0 Å². The summed E-state index contributed by atoms with van der Waals surface area (Å²) in [6.45, 7) is -1.19. The van der Waals surface area contributed by atoms with Crippen molar-refractivity contribution in [1.82, 2.24) is 24.7 Å². The van der Waals surface area contributed by atoms with E-state index in [1.165, 1.54) is 19.3 Å². The average Bonchev–Trinajstić information content (AvgIpc) is 3.17. The zero-order valence-corrected chi connectivity index (χ0v) is 14.3. The van der Waals surface area contributed by atoms with Gasteiger partial charge < -0.3 is 15.0 Å². The number of rotatable bonds is 7. The molecule has 0 amide bonds. The van der Waals surface area contributed by atoms with Gasteiger partial charge in [-0.3, -0.25) is 4.68 Å². The minimum atomic E-state index is -2.78. The Morgan fingerprint density at radius 3 is 2.96 bits per heavy atom. The molecule has 0 unspecified atom stereocenters. The predicted octanol–water partition coefficient (Wildman–Crippen LogP) is 3.59. The number of nitrogens with one attached hydrogen (secondary N) is 2. The first kappa shape index (κ1) is 16.9. The van der Waals surface area contributed by atoms with Crippen LogP contribution in [-0.4, -0.2) is 44.0 Å². The molecule has 1 saturated carbocycles. The zero-order valence-electron chi connectivity index (χ0n) is 14.3. The lowest BCUT2D eigenvalue weighted by molar-refractivity contribution is -0.130. The Morgan fingerprint density at radius 1 is 1.38 bits per heavy atom. The number of hydrogen-bond donors (Lipinski definition) is 2. The third-order valence-electron chi connectivity index (χ3n) is 4.64. The Labute approximate surface area is 148 Å². The number of aromatic nitrogens is 5. The molecule has 4 rings (SSSR count). The van der Waals surface area contributed by atoms with E-state index in [2.05, 4.69) is 36.3 Å². The van der Waals surface area contributed by atoms with Crippen LogP contribution in [0.15, 0.2) is 24.8 Å². The fraction of sp³-hybridized carbons (Fsp3) is 0.471. The molecule has 0 radical (unpaired) electrons. The van der Waals surface area contributed by atoms with E-state index in [9.17, 15) is 8.78 Å². The van der Waals surface area contributed by atoms with Crippen molar-refractivity contribution in [1.29, 1.82) is 0 Å². The molecule has 138 valence electrons. The molecule has 3 aromatic rings. The van der Waals surface area contributed by atoms with Gasteiger partial charge in [-0.05, 0) is 26.2 Å². The summed E-state index contributed by atoms with van der Waals surface area (Å²) in [7, 11) is 0. The Kier molecular flexibility index (Phi) is 4.54. The van der Waals surface area contributed by atoms with Crippen LogP contribution >= 0.6 is 0 Å². The summed E-state index contributed by atoms with van der Waals surface area (Å²) in [6.07, 6.45) is 11.1. The van der Waals surface area contributed by atoms with Crippen LogP contribution in [0.5, 0.6) is 0 Å². The van der Waals surface area contributed by atoms with Crippen molar-refractivity contribution in [2.75, 3.05) is 11.9 Å². The van der Waals surface area contributed by atoms with Crippen molar-refractivity contribution in [2.24, 2.45) is 0 Å². The topological polar surface area (TPSA) is 80.6 Å². The maximum Gasteiger partial charge on any atom is 0.345 e. The number of ether oxygens (including phenoxy) is 1. The minimum absolute atomic E-state index is 0.130.